The Bertz CT molecular complexity index is 582. The molecule has 1 fully saturated rings. The average Bonchev–Trinajstić information content (AvgIpc) is 2.61. The Hall–Kier alpha value is -0.481. The Labute approximate surface area is 207 Å². The highest BCUT2D eigenvalue weighted by molar-refractivity contribution is 8.05. The smallest absolute Gasteiger partial charge is 0.407 e. The summed E-state index contributed by atoms with van der Waals surface area (Å²) in [5.74, 6) is 0.516. The van der Waals surface area contributed by atoms with Gasteiger partial charge < -0.3 is 15.0 Å². The fraction of sp³-hybridized carbons (Fsp3) is 0.867. The molecule has 5 nitrogen and oxygen atoms in total. The zero-order chi connectivity index (χ0) is 25.4. The van der Waals surface area contributed by atoms with Gasteiger partial charge in [-0.2, -0.15) is 0 Å². The number of alkyl carbamates (subject to hydrolysis) is 1. The van der Waals surface area contributed by atoms with Crippen LogP contribution in [0.25, 0.3) is 0 Å². The summed E-state index contributed by atoms with van der Waals surface area (Å²) in [5.41, 5.74) is -0.499. The van der Waals surface area contributed by atoms with E-state index in [9.17, 15) is 9.59 Å². The van der Waals surface area contributed by atoms with E-state index in [1.807, 2.05) is 20.8 Å². The summed E-state index contributed by atoms with van der Waals surface area (Å²) in [5, 5.41) is 2.92. The molecule has 152 valence electrons. The monoisotopic (exact) mass is 416 g/mol. The minimum absolute atomic E-state index is 0.00105. The van der Waals surface area contributed by atoms with Crippen LogP contribution in [0.4, 0.5) is 4.79 Å². The van der Waals surface area contributed by atoms with Crippen molar-refractivity contribution in [3.8, 4) is 0 Å². The van der Waals surface area contributed by atoms with Gasteiger partial charge in [0.1, 0.15) is 5.60 Å². The van der Waals surface area contributed by atoms with Crippen molar-refractivity contribution in [2.75, 3.05) is 14.1 Å². The number of carbonyl (C=O) groups is 2. The third kappa shape index (κ3) is 11.6. The number of ether oxygens (including phenoxy) is 1. The highest BCUT2D eigenvalue weighted by Gasteiger charge is 2.34. The van der Waals surface area contributed by atoms with Crippen LogP contribution in [0, 0.1) is 11.8 Å². The van der Waals surface area contributed by atoms with Gasteiger partial charge in [0.25, 0.3) is 0 Å². The first kappa shape index (κ1) is 31.5. The Kier molecular flexibility index (Phi) is 13.8. The highest BCUT2D eigenvalue weighted by Crippen LogP contribution is 2.30. The maximum atomic E-state index is 12.0. The van der Waals surface area contributed by atoms with Gasteiger partial charge in [-0.1, -0.05) is 6.92 Å². The normalized spacial score (nSPS) is 20.0. The first-order valence-corrected chi connectivity index (χ1v) is 11.0. The molecule has 1 N–H and O–H groups in total. The van der Waals surface area contributed by atoms with Crippen molar-refractivity contribution in [1.82, 2.24) is 10.2 Å². The van der Waals surface area contributed by atoms with Gasteiger partial charge in [0, 0.05) is 112 Å². The number of hydrogen-bond acceptors (Lipinski definition) is 3. The molecule has 0 saturated heterocycles. The molecule has 0 aromatic carbocycles. The number of rotatable bonds is 6. The quantitative estimate of drug-likeness (QED) is 0.504. The molecule has 0 heterocycles. The summed E-state index contributed by atoms with van der Waals surface area (Å²) in [4.78, 5) is 25.5. The van der Waals surface area contributed by atoms with E-state index in [0.717, 1.165) is 12.8 Å². The van der Waals surface area contributed by atoms with Crippen LogP contribution in [0.2, 0.25) is 0 Å². The van der Waals surface area contributed by atoms with Crippen molar-refractivity contribution in [1.29, 1.82) is 0 Å². The van der Waals surface area contributed by atoms with E-state index < -0.39 is 43.6 Å². The summed E-state index contributed by atoms with van der Waals surface area (Å²) in [6.07, 6.45) is -1.09. The lowest BCUT2D eigenvalue weighted by atomic mass is 8.53. The summed E-state index contributed by atoms with van der Waals surface area (Å²) in [6.45, 7) is 7.64. The van der Waals surface area contributed by atoms with Crippen LogP contribution in [-0.2, 0) is 9.53 Å². The molecule has 0 spiro atoms. The molecule has 32 heavy (non-hydrogen) atoms. The van der Waals surface area contributed by atoms with Crippen LogP contribution in [0.3, 0.4) is 0 Å². The van der Waals surface area contributed by atoms with Crippen molar-refractivity contribution in [2.24, 2.45) is 11.8 Å². The molecule has 1 aliphatic rings. The molecule has 0 aliphatic heterocycles. The lowest BCUT2D eigenvalue weighted by molar-refractivity contribution is -0.134. The predicted molar refractivity (Wildman–Crippen MR) is 147 cm³/mol. The fourth-order valence-electron chi connectivity index (χ4n) is 3.60. The van der Waals surface area contributed by atoms with Crippen LogP contribution in [-0.4, -0.2) is 129 Å². The standard InChI is InChI=1S/C15H28N2O3.B12/c1-10-7-8-11(13(18)17(5)6)9-12(10)16-14(19)20-15(2,3)4;1-8(2)11(7)12(9(3)4)10(5)6/h10-12H,7-9H2,1-6H3,(H,16,19);. The maximum Gasteiger partial charge on any atom is 0.407 e. The first-order valence-electron chi connectivity index (χ1n) is 11.0. The van der Waals surface area contributed by atoms with Crippen molar-refractivity contribution >= 4 is 98.1 Å². The lowest BCUT2D eigenvalue weighted by Crippen LogP contribution is -2.67. The Morgan fingerprint density at radius 1 is 0.938 bits per heavy atom. The van der Waals surface area contributed by atoms with Crippen molar-refractivity contribution < 1.29 is 14.3 Å². The van der Waals surface area contributed by atoms with Gasteiger partial charge in [-0.3, -0.25) is 4.79 Å². The summed E-state index contributed by atoms with van der Waals surface area (Å²) < 4.78 is 5.29. The number of hydrogen-bond donors (Lipinski definition) is 1. The van der Waals surface area contributed by atoms with Gasteiger partial charge in [-0.25, -0.2) is 4.79 Å². The number of carbonyl (C=O) groups excluding carboxylic acids is 2. The average molecular weight is 414 g/mol. The van der Waals surface area contributed by atoms with Crippen LogP contribution >= 0.6 is 0 Å². The third-order valence-electron chi connectivity index (χ3n) is 5.47. The second-order valence-electron chi connectivity index (χ2n) is 9.86. The number of amides is 2. The van der Waals surface area contributed by atoms with Gasteiger partial charge in [-0.05, 0) is 46.0 Å². The summed E-state index contributed by atoms with van der Waals surface area (Å²) in [6, 6.07) is 0.00694. The van der Waals surface area contributed by atoms with Gasteiger partial charge in [0.15, 0.2) is 0 Å². The number of nitrogens with zero attached hydrogens (tertiary/aromatic N) is 1. The topological polar surface area (TPSA) is 58.6 Å². The SMILES string of the molecule is CC1CCC(C(=O)N(C)C)CC1NC(=O)OC(C)(C)C.[B]B([B])B([B])B(B([B])[B])B([B])[B]. The maximum absolute atomic E-state index is 12.0. The van der Waals surface area contributed by atoms with Gasteiger partial charge >= 0.3 is 6.09 Å². The van der Waals surface area contributed by atoms with Gasteiger partial charge in [0.2, 0.25) is 5.91 Å². The molecule has 0 aromatic rings. The molecule has 1 aliphatic carbocycles. The van der Waals surface area contributed by atoms with Crippen LogP contribution < -0.4 is 5.32 Å². The summed E-state index contributed by atoms with van der Waals surface area (Å²) >= 11 is 0. The minimum atomic E-state index is -0.723. The minimum Gasteiger partial charge on any atom is -0.444 e. The van der Waals surface area contributed by atoms with E-state index in [4.69, 9.17) is 58.9 Å². The second-order valence-corrected chi connectivity index (χ2v) is 9.86. The van der Waals surface area contributed by atoms with Crippen LogP contribution in [0.15, 0.2) is 0 Å². The Morgan fingerprint density at radius 3 is 1.78 bits per heavy atom. The van der Waals surface area contributed by atoms with E-state index in [2.05, 4.69) is 12.2 Å². The molecular weight excluding hydrogens is 386 g/mol. The van der Waals surface area contributed by atoms with E-state index in [0.29, 0.717) is 12.3 Å². The molecule has 0 aromatic heterocycles. The molecule has 1 rings (SSSR count). The zero-order valence-electron chi connectivity index (χ0n) is 20.5. The number of nitrogens with one attached hydrogen (secondary N) is 1. The molecular formula is C15H28B12N2O3. The van der Waals surface area contributed by atoms with Crippen LogP contribution in [0.5, 0.6) is 0 Å². The first-order chi connectivity index (χ1) is 14.5. The Morgan fingerprint density at radius 2 is 1.44 bits per heavy atom. The lowest BCUT2D eigenvalue weighted by Gasteiger charge is -2.35. The molecule has 2 amide bonds. The van der Waals surface area contributed by atoms with E-state index in [1.54, 1.807) is 19.0 Å². The second kappa shape index (κ2) is 14.0. The molecule has 0 bridgehead atoms. The van der Waals surface area contributed by atoms with E-state index >= 15 is 0 Å². The van der Waals surface area contributed by atoms with E-state index in [1.165, 1.54) is 0 Å². The molecule has 17 heteroatoms. The molecule has 1 saturated carbocycles. The van der Waals surface area contributed by atoms with Crippen molar-refractivity contribution in [3.63, 3.8) is 0 Å². The molecule has 3 atom stereocenters. The Balaban J connectivity index is 0.000000687. The van der Waals surface area contributed by atoms with Crippen LogP contribution in [0.1, 0.15) is 47.0 Å². The largest absolute Gasteiger partial charge is 0.444 e. The summed E-state index contributed by atoms with van der Waals surface area (Å²) in [7, 11) is 41.4. The van der Waals surface area contributed by atoms with Crippen molar-refractivity contribution in [2.45, 2.75) is 58.6 Å². The highest BCUT2D eigenvalue weighted by atomic mass is 16.6. The molecule has 3 unspecified atom stereocenters. The fourth-order valence-corrected chi connectivity index (χ4v) is 3.60. The van der Waals surface area contributed by atoms with Gasteiger partial charge in [0.05, 0.1) is 0 Å². The van der Waals surface area contributed by atoms with E-state index in [-0.39, 0.29) is 17.9 Å². The molecule has 14 radical (unpaired) electrons. The zero-order valence-corrected chi connectivity index (χ0v) is 20.5. The van der Waals surface area contributed by atoms with Gasteiger partial charge in [-0.15, -0.1) is 0 Å². The predicted octanol–water partition coefficient (Wildman–Crippen LogP) is -2.17. The third-order valence-corrected chi connectivity index (χ3v) is 5.47. The van der Waals surface area contributed by atoms with Crippen molar-refractivity contribution in [3.05, 3.63) is 0 Å².